The van der Waals surface area contributed by atoms with Crippen LogP contribution in [0.25, 0.3) is 0 Å². The van der Waals surface area contributed by atoms with Gasteiger partial charge in [0.25, 0.3) is 0 Å². The Labute approximate surface area is 161 Å². The summed E-state index contributed by atoms with van der Waals surface area (Å²) in [6, 6.07) is 8.04. The highest BCUT2D eigenvalue weighted by Crippen LogP contribution is 2.29. The quantitative estimate of drug-likeness (QED) is 0.645. The van der Waals surface area contributed by atoms with Gasteiger partial charge in [-0.25, -0.2) is 0 Å². The van der Waals surface area contributed by atoms with Gasteiger partial charge in [-0.15, -0.1) is 0 Å². The van der Waals surface area contributed by atoms with Crippen LogP contribution in [0.5, 0.6) is 0 Å². The number of ether oxygens (including phenoxy) is 2. The van der Waals surface area contributed by atoms with Crippen LogP contribution in [-0.4, -0.2) is 63.0 Å². The number of hydrogen-bond acceptors (Lipinski definition) is 3. The summed E-state index contributed by atoms with van der Waals surface area (Å²) in [6.07, 6.45) is 2.56. The molecular formula is C20H30ClN3O2. The van der Waals surface area contributed by atoms with E-state index in [1.54, 1.807) is 0 Å². The van der Waals surface area contributed by atoms with E-state index in [1.165, 1.54) is 0 Å². The first kappa shape index (κ1) is 19.5. The monoisotopic (exact) mass is 379 g/mol. The number of nitrogens with zero attached hydrogens (tertiary/aromatic N) is 2. The van der Waals surface area contributed by atoms with Crippen molar-refractivity contribution < 1.29 is 9.47 Å². The summed E-state index contributed by atoms with van der Waals surface area (Å²) in [5.41, 5.74) is 1.04. The summed E-state index contributed by atoms with van der Waals surface area (Å²) < 4.78 is 11.8. The lowest BCUT2D eigenvalue weighted by Gasteiger charge is -2.38. The van der Waals surface area contributed by atoms with Crippen LogP contribution in [0, 0.1) is 0 Å². The van der Waals surface area contributed by atoms with E-state index in [0.29, 0.717) is 6.61 Å². The van der Waals surface area contributed by atoms with E-state index in [-0.39, 0.29) is 17.6 Å². The summed E-state index contributed by atoms with van der Waals surface area (Å²) in [6.45, 7) is 8.37. The smallest absolute Gasteiger partial charge is 0.193 e. The van der Waals surface area contributed by atoms with Crippen molar-refractivity contribution in [3.8, 4) is 0 Å². The minimum Gasteiger partial charge on any atom is -0.375 e. The predicted molar refractivity (Wildman–Crippen MR) is 106 cm³/mol. The van der Waals surface area contributed by atoms with E-state index in [0.717, 1.165) is 55.6 Å². The van der Waals surface area contributed by atoms with Crippen LogP contribution in [0.3, 0.4) is 0 Å². The van der Waals surface area contributed by atoms with Crippen LogP contribution in [0.2, 0.25) is 5.02 Å². The number of benzene rings is 1. The number of morpholine rings is 1. The van der Waals surface area contributed by atoms with Gasteiger partial charge in [0.05, 0.1) is 12.7 Å². The Bertz CT molecular complexity index is 629. The molecular weight excluding hydrogens is 350 g/mol. The van der Waals surface area contributed by atoms with Crippen LogP contribution in [0.1, 0.15) is 32.3 Å². The molecule has 0 bridgehead atoms. The highest BCUT2D eigenvalue weighted by atomic mass is 35.5. The van der Waals surface area contributed by atoms with Gasteiger partial charge in [-0.3, -0.25) is 4.99 Å². The van der Waals surface area contributed by atoms with Gasteiger partial charge in [0, 0.05) is 43.7 Å². The lowest BCUT2D eigenvalue weighted by molar-refractivity contribution is -0.0817. The molecule has 6 heteroatoms. The molecule has 1 aromatic rings. The first-order valence-electron chi connectivity index (χ1n) is 9.45. The highest BCUT2D eigenvalue weighted by molar-refractivity contribution is 6.31. The van der Waals surface area contributed by atoms with Crippen LogP contribution in [0.15, 0.2) is 29.3 Å². The van der Waals surface area contributed by atoms with Crippen LogP contribution < -0.4 is 5.32 Å². The number of halogens is 1. The molecule has 2 fully saturated rings. The number of aliphatic imine (C=N–C) groups is 1. The second-order valence-electron chi connectivity index (χ2n) is 7.67. The molecule has 0 spiro atoms. The van der Waals surface area contributed by atoms with Crippen molar-refractivity contribution in [1.29, 1.82) is 0 Å². The van der Waals surface area contributed by atoms with Crippen molar-refractivity contribution in [1.82, 2.24) is 10.2 Å². The average Bonchev–Trinajstić information content (AvgIpc) is 3.17. The number of nitrogens with one attached hydrogen (secondary N) is 1. The van der Waals surface area contributed by atoms with Gasteiger partial charge in [-0.2, -0.15) is 0 Å². The maximum atomic E-state index is 6.40. The van der Waals surface area contributed by atoms with Crippen molar-refractivity contribution in [3.63, 3.8) is 0 Å². The normalized spacial score (nSPS) is 24.8. The molecule has 2 heterocycles. The zero-order valence-electron chi connectivity index (χ0n) is 16.0. The van der Waals surface area contributed by atoms with Crippen molar-refractivity contribution >= 4 is 17.6 Å². The summed E-state index contributed by atoms with van der Waals surface area (Å²) in [4.78, 5) is 6.77. The molecule has 1 N–H and O–H groups in total. The van der Waals surface area contributed by atoms with Crippen molar-refractivity contribution in [3.05, 3.63) is 34.9 Å². The molecule has 2 atom stereocenters. The van der Waals surface area contributed by atoms with Crippen LogP contribution >= 0.6 is 11.6 Å². The fourth-order valence-electron chi connectivity index (χ4n) is 3.73. The van der Waals surface area contributed by atoms with Crippen LogP contribution in [0.4, 0.5) is 0 Å². The molecule has 1 aromatic carbocycles. The van der Waals surface area contributed by atoms with Gasteiger partial charge in [-0.05, 0) is 24.5 Å². The van der Waals surface area contributed by atoms with E-state index in [1.807, 2.05) is 25.2 Å². The van der Waals surface area contributed by atoms with Crippen molar-refractivity contribution in [2.45, 2.75) is 44.3 Å². The third-order valence-corrected chi connectivity index (χ3v) is 5.61. The lowest BCUT2D eigenvalue weighted by atomic mass is 9.84. The minimum absolute atomic E-state index is 0.103. The van der Waals surface area contributed by atoms with E-state index in [2.05, 4.69) is 35.1 Å². The molecule has 0 aliphatic carbocycles. The molecule has 2 saturated heterocycles. The predicted octanol–water partition coefficient (Wildman–Crippen LogP) is 3.07. The topological polar surface area (TPSA) is 46.1 Å². The highest BCUT2D eigenvalue weighted by Gasteiger charge is 2.32. The molecule has 0 aromatic heterocycles. The summed E-state index contributed by atoms with van der Waals surface area (Å²) in [7, 11) is 1.83. The Morgan fingerprint density at radius 1 is 1.27 bits per heavy atom. The van der Waals surface area contributed by atoms with Gasteiger partial charge >= 0.3 is 0 Å². The minimum atomic E-state index is -0.103. The first-order chi connectivity index (χ1) is 12.5. The first-order valence-corrected chi connectivity index (χ1v) is 9.83. The second kappa shape index (κ2) is 8.59. The Hall–Kier alpha value is -1.30. The molecule has 0 radical (unpaired) electrons. The Morgan fingerprint density at radius 2 is 2.04 bits per heavy atom. The van der Waals surface area contributed by atoms with Gasteiger partial charge in [0.2, 0.25) is 0 Å². The number of rotatable bonds is 4. The summed E-state index contributed by atoms with van der Waals surface area (Å²) >= 11 is 6.40. The fraction of sp³-hybridized carbons (Fsp3) is 0.650. The maximum Gasteiger partial charge on any atom is 0.193 e. The second-order valence-corrected chi connectivity index (χ2v) is 8.08. The molecule has 144 valence electrons. The van der Waals surface area contributed by atoms with Crippen LogP contribution in [-0.2, 0) is 14.9 Å². The van der Waals surface area contributed by atoms with Gasteiger partial charge in [-0.1, -0.05) is 43.6 Å². The molecule has 0 saturated carbocycles. The van der Waals surface area contributed by atoms with E-state index in [4.69, 9.17) is 21.1 Å². The molecule has 2 aliphatic heterocycles. The Balaban J connectivity index is 1.61. The molecule has 2 aliphatic rings. The lowest BCUT2D eigenvalue weighted by Crippen LogP contribution is -2.54. The zero-order valence-corrected chi connectivity index (χ0v) is 16.8. The van der Waals surface area contributed by atoms with Gasteiger partial charge in [0.15, 0.2) is 5.96 Å². The maximum absolute atomic E-state index is 6.40. The third-order valence-electron chi connectivity index (χ3n) is 5.28. The van der Waals surface area contributed by atoms with Gasteiger partial charge < -0.3 is 19.7 Å². The largest absolute Gasteiger partial charge is 0.375 e. The summed E-state index contributed by atoms with van der Waals surface area (Å²) in [5.74, 6) is 0.913. The Morgan fingerprint density at radius 3 is 2.73 bits per heavy atom. The molecule has 2 unspecified atom stereocenters. The number of guanidine groups is 1. The Kier molecular flexibility index (Phi) is 6.43. The van der Waals surface area contributed by atoms with E-state index in [9.17, 15) is 0 Å². The van der Waals surface area contributed by atoms with Gasteiger partial charge in [0.1, 0.15) is 6.10 Å². The van der Waals surface area contributed by atoms with Crippen molar-refractivity contribution in [2.75, 3.05) is 39.9 Å². The van der Waals surface area contributed by atoms with E-state index < -0.39 is 0 Å². The standard InChI is InChI=1S/C20H30ClN3O2/c1-20(2,15-7-4-5-8-16(15)21)14-23-19(22-3)24-10-12-26-18(13-24)17-9-6-11-25-17/h4-5,7-8,17-18H,6,9-14H2,1-3H3,(H,22,23). The summed E-state index contributed by atoms with van der Waals surface area (Å²) in [5, 5.41) is 4.34. The number of hydrogen-bond donors (Lipinski definition) is 1. The van der Waals surface area contributed by atoms with E-state index >= 15 is 0 Å². The SMILES string of the molecule is CN=C(NCC(C)(C)c1ccccc1Cl)N1CCOC(C2CCCO2)C1. The average molecular weight is 380 g/mol. The fourth-order valence-corrected chi connectivity index (χ4v) is 4.12. The molecule has 5 nitrogen and oxygen atoms in total. The molecule has 26 heavy (non-hydrogen) atoms. The molecule has 3 rings (SSSR count). The zero-order chi connectivity index (χ0) is 18.6. The van der Waals surface area contributed by atoms with Crippen molar-refractivity contribution in [2.24, 2.45) is 4.99 Å². The third kappa shape index (κ3) is 4.51. The molecule has 0 amide bonds.